The summed E-state index contributed by atoms with van der Waals surface area (Å²) in [5.41, 5.74) is 1.53. The molecule has 2 amide bonds. The van der Waals surface area contributed by atoms with Crippen LogP contribution in [0.15, 0.2) is 36.7 Å². The van der Waals surface area contributed by atoms with E-state index in [0.717, 1.165) is 18.4 Å². The van der Waals surface area contributed by atoms with E-state index in [2.05, 4.69) is 32.1 Å². The zero-order chi connectivity index (χ0) is 26.7. The van der Waals surface area contributed by atoms with Gasteiger partial charge in [0.15, 0.2) is 0 Å². The number of fused-ring (bicyclic) bond motifs is 1. The fourth-order valence-electron chi connectivity index (χ4n) is 4.43. The number of halogens is 1. The van der Waals surface area contributed by atoms with Crippen LogP contribution in [0.4, 0.5) is 10.1 Å². The van der Waals surface area contributed by atoms with Gasteiger partial charge in [-0.3, -0.25) is 14.6 Å². The third kappa shape index (κ3) is 6.03. The number of rotatable bonds is 8. The average Bonchev–Trinajstić information content (AvgIpc) is 3.47. The molecule has 11 heteroatoms. The second kappa shape index (κ2) is 10.5. The van der Waals surface area contributed by atoms with Crippen molar-refractivity contribution in [2.24, 2.45) is 0 Å². The van der Waals surface area contributed by atoms with Gasteiger partial charge >= 0.3 is 0 Å². The molecule has 0 bridgehead atoms. The van der Waals surface area contributed by atoms with E-state index in [-0.39, 0.29) is 30.1 Å². The minimum atomic E-state index is -1.65. The second-order valence-corrected chi connectivity index (χ2v) is 9.91. The number of amides is 2. The van der Waals surface area contributed by atoms with Crippen molar-refractivity contribution in [3.05, 3.63) is 47.8 Å². The Morgan fingerprint density at radius 1 is 1.27 bits per heavy atom. The predicted octanol–water partition coefficient (Wildman–Crippen LogP) is 2.58. The zero-order valence-electron chi connectivity index (χ0n) is 21.0. The molecule has 0 saturated heterocycles. The number of aliphatic hydroxyl groups is 1. The highest BCUT2D eigenvalue weighted by Gasteiger charge is 2.29. The van der Waals surface area contributed by atoms with Crippen LogP contribution < -0.4 is 16.0 Å². The minimum Gasteiger partial charge on any atom is -0.387 e. The summed E-state index contributed by atoms with van der Waals surface area (Å²) in [6, 6.07) is 9.22. The van der Waals surface area contributed by atoms with Crippen LogP contribution in [0.3, 0.4) is 0 Å². The predicted molar refractivity (Wildman–Crippen MR) is 136 cm³/mol. The number of alkyl halides is 1. The molecule has 4 rings (SSSR count). The molecule has 10 nitrogen and oxygen atoms in total. The molecule has 37 heavy (non-hydrogen) atoms. The lowest BCUT2D eigenvalue weighted by atomic mass is 10.0. The molecule has 3 atom stereocenters. The number of aromatic nitrogens is 3. The summed E-state index contributed by atoms with van der Waals surface area (Å²) >= 11 is 0. The first-order valence-electron chi connectivity index (χ1n) is 12.1. The van der Waals surface area contributed by atoms with E-state index >= 15 is 0 Å². The third-order valence-corrected chi connectivity index (χ3v) is 6.45. The lowest BCUT2D eigenvalue weighted by Crippen LogP contribution is -2.42. The van der Waals surface area contributed by atoms with Crippen LogP contribution >= 0.6 is 0 Å². The van der Waals surface area contributed by atoms with Crippen molar-refractivity contribution in [1.82, 2.24) is 25.2 Å². The van der Waals surface area contributed by atoms with Gasteiger partial charge in [-0.15, -0.1) is 0 Å². The van der Waals surface area contributed by atoms with Crippen molar-refractivity contribution in [1.29, 1.82) is 5.26 Å². The lowest BCUT2D eigenvalue weighted by Gasteiger charge is -2.23. The molecule has 0 aliphatic heterocycles. The number of nitrogens with one attached hydrogen (secondary N) is 3. The van der Waals surface area contributed by atoms with Gasteiger partial charge in [0.2, 0.25) is 5.91 Å². The molecule has 3 aromatic rings. The van der Waals surface area contributed by atoms with Crippen molar-refractivity contribution >= 4 is 23.0 Å². The van der Waals surface area contributed by atoms with Crippen LogP contribution in [0.1, 0.15) is 56.0 Å². The molecule has 0 unspecified atom stereocenters. The van der Waals surface area contributed by atoms with Crippen LogP contribution in [-0.2, 0) is 4.79 Å². The first-order valence-corrected chi connectivity index (χ1v) is 12.1. The Labute approximate surface area is 213 Å². The molecule has 0 spiro atoms. The number of nitriles is 1. The number of pyridine rings is 1. The van der Waals surface area contributed by atoms with E-state index in [1.165, 1.54) is 33.2 Å². The molecule has 1 aliphatic carbocycles. The second-order valence-electron chi connectivity index (χ2n) is 9.91. The molecule has 1 fully saturated rings. The maximum Gasteiger partial charge on any atom is 0.255 e. The van der Waals surface area contributed by atoms with Gasteiger partial charge in [0, 0.05) is 25.2 Å². The van der Waals surface area contributed by atoms with Crippen molar-refractivity contribution < 1.29 is 19.1 Å². The Morgan fingerprint density at radius 2 is 2.03 bits per heavy atom. The Bertz CT molecular complexity index is 1360. The topological polar surface area (TPSA) is 144 Å². The molecule has 4 N–H and O–H groups in total. The maximum atomic E-state index is 14.3. The Balaban J connectivity index is 1.63. The Kier molecular flexibility index (Phi) is 7.40. The summed E-state index contributed by atoms with van der Waals surface area (Å²) in [7, 11) is 0. The first kappa shape index (κ1) is 26.0. The number of anilines is 1. The van der Waals surface area contributed by atoms with Crippen LogP contribution in [-0.4, -0.2) is 61.9 Å². The summed E-state index contributed by atoms with van der Waals surface area (Å²) in [5, 5.41) is 32.2. The molecule has 1 saturated carbocycles. The number of nitrogens with zero attached hydrogens (tertiary/aromatic N) is 4. The minimum absolute atomic E-state index is 0.00400. The highest BCUT2D eigenvalue weighted by Crippen LogP contribution is 2.29. The summed E-state index contributed by atoms with van der Waals surface area (Å²) in [5.74, 6) is -0.613. The van der Waals surface area contributed by atoms with Crippen molar-refractivity contribution in [2.45, 2.75) is 63.9 Å². The van der Waals surface area contributed by atoms with Gasteiger partial charge in [-0.1, -0.05) is 0 Å². The van der Waals surface area contributed by atoms with E-state index in [4.69, 9.17) is 5.26 Å². The van der Waals surface area contributed by atoms with E-state index in [1.54, 1.807) is 16.6 Å². The molecule has 0 aromatic carbocycles. The van der Waals surface area contributed by atoms with Crippen LogP contribution in [0.2, 0.25) is 0 Å². The molecular formula is C26H30FN7O3. The molecular weight excluding hydrogens is 477 g/mol. The van der Waals surface area contributed by atoms with Crippen molar-refractivity contribution in [3.63, 3.8) is 0 Å². The van der Waals surface area contributed by atoms with Crippen LogP contribution in [0, 0.1) is 11.3 Å². The van der Waals surface area contributed by atoms with E-state index in [0.29, 0.717) is 29.1 Å². The standard InChI is InChI=1S/C26H30FN7O3/c1-15(35)32-17-4-5-18(9-17)33-21-10-22(23-7-6-19-8-16(11-28)12-31-34(19)23)29-13-20(21)25(36)30-14-24(27)26(2,3)37/h6-8,10,12-13,17-18,24,37H,4-5,9,14H2,1-3H3,(H,29,33)(H,30,36)(H,32,35)/t17-,18+,24+/m0/s1. The monoisotopic (exact) mass is 507 g/mol. The molecule has 0 radical (unpaired) electrons. The number of carbonyl (C=O) groups is 2. The molecule has 3 heterocycles. The van der Waals surface area contributed by atoms with Gasteiger partial charge < -0.3 is 21.1 Å². The number of hydrogen-bond acceptors (Lipinski definition) is 7. The summed E-state index contributed by atoms with van der Waals surface area (Å²) in [6.45, 7) is 3.81. The molecule has 194 valence electrons. The van der Waals surface area contributed by atoms with Gasteiger partial charge in [-0.25, -0.2) is 8.91 Å². The summed E-state index contributed by atoms with van der Waals surface area (Å²) in [6.07, 6.45) is 3.53. The van der Waals surface area contributed by atoms with Gasteiger partial charge in [0.05, 0.1) is 52.1 Å². The maximum absolute atomic E-state index is 14.3. The number of hydrogen-bond donors (Lipinski definition) is 4. The highest BCUT2D eigenvalue weighted by atomic mass is 19.1. The normalized spacial score (nSPS) is 18.3. The number of carbonyl (C=O) groups excluding carboxylic acids is 2. The van der Waals surface area contributed by atoms with Gasteiger partial charge in [-0.05, 0) is 57.4 Å². The summed E-state index contributed by atoms with van der Waals surface area (Å²) < 4.78 is 15.9. The smallest absolute Gasteiger partial charge is 0.255 e. The zero-order valence-corrected chi connectivity index (χ0v) is 21.0. The van der Waals surface area contributed by atoms with E-state index < -0.39 is 17.7 Å². The fourth-order valence-corrected chi connectivity index (χ4v) is 4.43. The highest BCUT2D eigenvalue weighted by molar-refractivity contribution is 6.00. The molecule has 1 aliphatic rings. The van der Waals surface area contributed by atoms with E-state index in [9.17, 15) is 19.1 Å². The average molecular weight is 508 g/mol. The first-order chi connectivity index (χ1) is 17.5. The largest absolute Gasteiger partial charge is 0.387 e. The van der Waals surface area contributed by atoms with Gasteiger partial charge in [0.25, 0.3) is 5.91 Å². The van der Waals surface area contributed by atoms with E-state index in [1.807, 2.05) is 12.1 Å². The van der Waals surface area contributed by atoms with Crippen molar-refractivity contribution in [3.8, 4) is 17.5 Å². The third-order valence-electron chi connectivity index (χ3n) is 6.45. The van der Waals surface area contributed by atoms with Crippen LogP contribution in [0.5, 0.6) is 0 Å². The van der Waals surface area contributed by atoms with Crippen molar-refractivity contribution in [2.75, 3.05) is 11.9 Å². The lowest BCUT2D eigenvalue weighted by molar-refractivity contribution is -0.119. The Morgan fingerprint density at radius 3 is 2.73 bits per heavy atom. The fraction of sp³-hybridized carbons (Fsp3) is 0.423. The quantitative estimate of drug-likeness (QED) is 0.367. The van der Waals surface area contributed by atoms with Gasteiger partial charge in [-0.2, -0.15) is 10.4 Å². The molecule has 3 aromatic heterocycles. The van der Waals surface area contributed by atoms with Gasteiger partial charge in [0.1, 0.15) is 12.2 Å². The SMILES string of the molecule is CC(=O)N[C@H]1CC[C@@H](Nc2cc(-c3ccc4cc(C#N)cnn34)ncc2C(=O)NC[C@@H](F)C(C)(C)O)C1. The summed E-state index contributed by atoms with van der Waals surface area (Å²) in [4.78, 5) is 29.0. The Hall–Kier alpha value is -4.04. The van der Waals surface area contributed by atoms with Crippen LogP contribution in [0.25, 0.3) is 16.9 Å².